The Kier molecular flexibility index (Phi) is 35.9. The van der Waals surface area contributed by atoms with Gasteiger partial charge in [-0.05, 0) is 32.1 Å². The topological polar surface area (TPSA) is 216 Å². The molecule has 0 atom stereocenters. The number of aliphatic carboxylic acids is 2. The SMILES string of the molecule is CCCC(O)O.CCCCCC(O)O.O=C(O)CCCCC(=O)O.OCC(O)CO. The number of unbranched alkanes of at least 4 members (excludes halogenated alkanes) is 3. The smallest absolute Gasteiger partial charge is 0.303 e. The second-order valence-electron chi connectivity index (χ2n) is 6.26. The Labute approximate surface area is 178 Å². The third-order valence-corrected chi connectivity index (χ3v) is 3.07. The molecular weight excluding hydrogens is 404 g/mol. The predicted molar refractivity (Wildman–Crippen MR) is 109 cm³/mol. The monoisotopic (exact) mass is 446 g/mol. The molecule has 0 aliphatic carbocycles. The van der Waals surface area contributed by atoms with Gasteiger partial charge in [0.1, 0.15) is 6.10 Å². The van der Waals surface area contributed by atoms with Crippen molar-refractivity contribution >= 4 is 11.9 Å². The molecule has 11 heteroatoms. The third kappa shape index (κ3) is 56.3. The summed E-state index contributed by atoms with van der Waals surface area (Å²) in [5, 5.41) is 73.2. The van der Waals surface area contributed by atoms with E-state index in [2.05, 4.69) is 6.92 Å². The van der Waals surface area contributed by atoms with Crippen LogP contribution in [0.5, 0.6) is 0 Å². The Morgan fingerprint density at radius 1 is 0.633 bits per heavy atom. The van der Waals surface area contributed by atoms with Crippen molar-refractivity contribution in [3.05, 3.63) is 0 Å². The Morgan fingerprint density at radius 3 is 1.20 bits per heavy atom. The summed E-state index contributed by atoms with van der Waals surface area (Å²) in [6.07, 6.45) is 2.86. The molecule has 0 aromatic rings. The molecule has 0 aliphatic heterocycles. The van der Waals surface area contributed by atoms with Crippen molar-refractivity contribution in [1.29, 1.82) is 0 Å². The zero-order chi connectivity index (χ0) is 24.4. The van der Waals surface area contributed by atoms with Crippen LogP contribution in [0.1, 0.15) is 78.1 Å². The van der Waals surface area contributed by atoms with Crippen LogP contribution in [-0.4, -0.2) is 89.8 Å². The highest BCUT2D eigenvalue weighted by Gasteiger charge is 1.99. The molecule has 0 aliphatic rings. The van der Waals surface area contributed by atoms with Crippen molar-refractivity contribution in [3.8, 4) is 0 Å². The average molecular weight is 447 g/mol. The van der Waals surface area contributed by atoms with Crippen LogP contribution in [-0.2, 0) is 9.59 Å². The number of rotatable bonds is 13. The molecule has 0 heterocycles. The standard InChI is InChI=1S/C6H10O4.C6H14O2.C4H10O2.C3H8O3/c7-5(8)3-1-2-4-6(9)10;1-2-3-4-5-6(7)8;1-2-3-4(5)6;4-1-3(6)2-5/h1-4H2,(H,7,8)(H,9,10);6-8H,2-5H2,1H3;4-6H,2-3H2,1H3;3-6H,1-2H2. The van der Waals surface area contributed by atoms with Crippen LogP contribution in [0.4, 0.5) is 0 Å². The Bertz CT molecular complexity index is 329. The summed E-state index contributed by atoms with van der Waals surface area (Å²) >= 11 is 0. The normalized spacial score (nSPS) is 9.87. The van der Waals surface area contributed by atoms with Crippen LogP contribution >= 0.6 is 0 Å². The Balaban J connectivity index is -0.000000154. The number of hydrogen-bond acceptors (Lipinski definition) is 9. The van der Waals surface area contributed by atoms with Crippen molar-refractivity contribution in [2.24, 2.45) is 0 Å². The lowest BCUT2D eigenvalue weighted by Gasteiger charge is -1.99. The fourth-order valence-electron chi connectivity index (χ4n) is 1.45. The molecule has 0 fully saturated rings. The summed E-state index contributed by atoms with van der Waals surface area (Å²) in [5.74, 6) is -1.74. The highest BCUT2D eigenvalue weighted by Crippen LogP contribution is 2.00. The van der Waals surface area contributed by atoms with Crippen LogP contribution in [0.25, 0.3) is 0 Å². The molecule has 184 valence electrons. The van der Waals surface area contributed by atoms with Crippen LogP contribution in [0.3, 0.4) is 0 Å². The number of carbonyl (C=O) groups is 2. The van der Waals surface area contributed by atoms with E-state index in [1.807, 2.05) is 6.92 Å². The summed E-state index contributed by atoms with van der Waals surface area (Å²) < 4.78 is 0. The van der Waals surface area contributed by atoms with Gasteiger partial charge in [0.2, 0.25) is 0 Å². The van der Waals surface area contributed by atoms with Crippen molar-refractivity contribution in [1.82, 2.24) is 0 Å². The van der Waals surface area contributed by atoms with Gasteiger partial charge < -0.3 is 46.0 Å². The summed E-state index contributed by atoms with van der Waals surface area (Å²) in [7, 11) is 0. The fourth-order valence-corrected chi connectivity index (χ4v) is 1.45. The second kappa shape index (κ2) is 29.9. The number of aliphatic hydroxyl groups is 7. The number of carboxylic acids is 2. The first kappa shape index (κ1) is 36.1. The minimum atomic E-state index is -1.10. The first-order chi connectivity index (χ1) is 14.0. The van der Waals surface area contributed by atoms with Crippen LogP contribution in [0.2, 0.25) is 0 Å². The van der Waals surface area contributed by atoms with Gasteiger partial charge in [0, 0.05) is 12.8 Å². The van der Waals surface area contributed by atoms with Gasteiger partial charge >= 0.3 is 11.9 Å². The van der Waals surface area contributed by atoms with E-state index >= 15 is 0 Å². The van der Waals surface area contributed by atoms with E-state index in [4.69, 9.17) is 46.0 Å². The molecule has 0 saturated carbocycles. The van der Waals surface area contributed by atoms with Gasteiger partial charge in [-0.2, -0.15) is 0 Å². The molecule has 0 unspecified atom stereocenters. The minimum absolute atomic E-state index is 0.0628. The molecule has 0 aromatic carbocycles. The van der Waals surface area contributed by atoms with E-state index in [9.17, 15) is 9.59 Å². The highest BCUT2D eigenvalue weighted by molar-refractivity contribution is 5.67. The van der Waals surface area contributed by atoms with E-state index < -0.39 is 30.6 Å². The van der Waals surface area contributed by atoms with E-state index in [0.29, 0.717) is 25.7 Å². The van der Waals surface area contributed by atoms with Crippen LogP contribution in [0, 0.1) is 0 Å². The van der Waals surface area contributed by atoms with Crippen molar-refractivity contribution < 1.29 is 55.5 Å². The lowest BCUT2D eigenvalue weighted by Crippen LogP contribution is -2.15. The molecule has 0 spiro atoms. The minimum Gasteiger partial charge on any atom is -0.481 e. The fraction of sp³-hybridized carbons (Fsp3) is 0.895. The van der Waals surface area contributed by atoms with Crippen molar-refractivity contribution in [2.45, 2.75) is 96.7 Å². The molecule has 9 N–H and O–H groups in total. The van der Waals surface area contributed by atoms with E-state index in [1.54, 1.807) is 0 Å². The number of carboxylic acid groups (broad SMARTS) is 2. The summed E-state index contributed by atoms with van der Waals surface area (Å²) in [6.45, 7) is 3.26. The van der Waals surface area contributed by atoms with E-state index in [0.717, 1.165) is 25.7 Å². The lowest BCUT2D eigenvalue weighted by molar-refractivity contribution is -0.139. The quantitative estimate of drug-likeness (QED) is 0.136. The zero-order valence-electron chi connectivity index (χ0n) is 18.1. The maximum Gasteiger partial charge on any atom is 0.303 e. The van der Waals surface area contributed by atoms with Gasteiger partial charge in [-0.25, -0.2) is 0 Å². The van der Waals surface area contributed by atoms with Crippen molar-refractivity contribution in [2.75, 3.05) is 13.2 Å². The first-order valence-electron chi connectivity index (χ1n) is 10.0. The molecule has 0 bridgehead atoms. The molecular formula is C19H42O11. The molecule has 0 amide bonds. The third-order valence-electron chi connectivity index (χ3n) is 3.07. The molecule has 0 rings (SSSR count). The maximum absolute atomic E-state index is 9.90. The van der Waals surface area contributed by atoms with Gasteiger partial charge in [-0.15, -0.1) is 0 Å². The van der Waals surface area contributed by atoms with Crippen LogP contribution in [0.15, 0.2) is 0 Å². The van der Waals surface area contributed by atoms with Gasteiger partial charge in [0.15, 0.2) is 12.6 Å². The highest BCUT2D eigenvalue weighted by atomic mass is 16.5. The molecule has 0 radical (unpaired) electrons. The molecule has 30 heavy (non-hydrogen) atoms. The Morgan fingerprint density at radius 2 is 1.03 bits per heavy atom. The maximum atomic E-state index is 9.90. The number of hydrogen-bond donors (Lipinski definition) is 9. The summed E-state index contributed by atoms with van der Waals surface area (Å²) in [6, 6.07) is 0. The summed E-state index contributed by atoms with van der Waals surface area (Å²) in [5.41, 5.74) is 0. The molecule has 0 aromatic heterocycles. The first-order valence-corrected chi connectivity index (χ1v) is 10.0. The molecule has 0 saturated heterocycles. The van der Waals surface area contributed by atoms with Gasteiger partial charge in [-0.3, -0.25) is 9.59 Å². The van der Waals surface area contributed by atoms with E-state index in [1.165, 1.54) is 0 Å². The van der Waals surface area contributed by atoms with Crippen molar-refractivity contribution in [3.63, 3.8) is 0 Å². The van der Waals surface area contributed by atoms with Gasteiger partial charge in [0.05, 0.1) is 13.2 Å². The number of aliphatic hydroxyl groups excluding tert-OH is 5. The average Bonchev–Trinajstić information content (AvgIpc) is 2.65. The molecule has 11 nitrogen and oxygen atoms in total. The largest absolute Gasteiger partial charge is 0.481 e. The zero-order valence-corrected chi connectivity index (χ0v) is 18.1. The van der Waals surface area contributed by atoms with Gasteiger partial charge in [-0.1, -0.05) is 33.1 Å². The predicted octanol–water partition coefficient (Wildman–Crippen LogP) is 0.0225. The lowest BCUT2D eigenvalue weighted by atomic mass is 10.2. The van der Waals surface area contributed by atoms with E-state index in [-0.39, 0.29) is 26.1 Å². The van der Waals surface area contributed by atoms with Crippen LogP contribution < -0.4 is 0 Å². The Hall–Kier alpha value is -1.34. The second-order valence-corrected chi connectivity index (χ2v) is 6.26. The van der Waals surface area contributed by atoms with Gasteiger partial charge in [0.25, 0.3) is 0 Å². The summed E-state index contributed by atoms with van der Waals surface area (Å²) in [4.78, 5) is 19.8.